The van der Waals surface area contributed by atoms with E-state index in [9.17, 15) is 18.0 Å². The van der Waals surface area contributed by atoms with Crippen LogP contribution >= 0.6 is 23.2 Å². The van der Waals surface area contributed by atoms with Gasteiger partial charge in [0.05, 0.1) is 22.8 Å². The van der Waals surface area contributed by atoms with Crippen LogP contribution in [0.2, 0.25) is 10.0 Å². The van der Waals surface area contributed by atoms with Crippen molar-refractivity contribution in [2.24, 2.45) is 0 Å². The molecule has 0 aliphatic rings. The van der Waals surface area contributed by atoms with Gasteiger partial charge in [-0.15, -0.1) is 13.2 Å². The summed E-state index contributed by atoms with van der Waals surface area (Å²) in [4.78, 5) is 13.7. The van der Waals surface area contributed by atoms with Gasteiger partial charge >= 0.3 is 12.1 Å². The number of alkyl halides is 3. The molecule has 170 valence electrons. The number of rotatable bonds is 5. The second-order valence-electron chi connectivity index (χ2n) is 7.13. The van der Waals surface area contributed by atoms with Gasteiger partial charge in [-0.25, -0.2) is 4.79 Å². The summed E-state index contributed by atoms with van der Waals surface area (Å²) in [6.45, 7) is 1.87. The predicted octanol–water partition coefficient (Wildman–Crippen LogP) is 7.06. The Morgan fingerprint density at radius 1 is 0.848 bits per heavy atom. The number of hydrogen-bond donors (Lipinski definition) is 0. The lowest BCUT2D eigenvalue weighted by Gasteiger charge is -2.13. The minimum absolute atomic E-state index is 0.378. The quantitative estimate of drug-likeness (QED) is 0.298. The Balaban J connectivity index is 2.02. The first-order chi connectivity index (χ1) is 15.7. The Bertz CT molecular complexity index is 1340. The van der Waals surface area contributed by atoms with E-state index in [-0.39, 0.29) is 11.4 Å². The van der Waals surface area contributed by atoms with Gasteiger partial charge in [-0.05, 0) is 67.1 Å². The SMILES string of the molecule is CCc1c(-c2cccc(OC(F)(F)F)c2)n(-c2ccc(Cl)cc2)c(=O)n1-c1ccc(Cl)cc1. The molecule has 4 aromatic rings. The van der Waals surface area contributed by atoms with Crippen LogP contribution < -0.4 is 10.4 Å². The maximum atomic E-state index is 13.7. The predicted molar refractivity (Wildman–Crippen MR) is 123 cm³/mol. The van der Waals surface area contributed by atoms with E-state index in [1.165, 1.54) is 27.3 Å². The van der Waals surface area contributed by atoms with Gasteiger partial charge in [-0.2, -0.15) is 0 Å². The zero-order valence-corrected chi connectivity index (χ0v) is 18.7. The summed E-state index contributed by atoms with van der Waals surface area (Å²) >= 11 is 12.0. The first-order valence-corrected chi connectivity index (χ1v) is 10.7. The molecule has 0 fully saturated rings. The molecule has 0 atom stereocenters. The van der Waals surface area contributed by atoms with E-state index in [1.54, 1.807) is 54.6 Å². The third kappa shape index (κ3) is 4.79. The number of imidazole rings is 1. The maximum Gasteiger partial charge on any atom is 0.573 e. The maximum absolute atomic E-state index is 13.7. The number of hydrogen-bond acceptors (Lipinski definition) is 2. The van der Waals surface area contributed by atoms with Gasteiger partial charge in [-0.1, -0.05) is 42.3 Å². The highest BCUT2D eigenvalue weighted by Gasteiger charge is 2.31. The standard InChI is InChI=1S/C24H17Cl2F3N2O2/c1-2-21-22(15-4-3-5-20(14-15)33-24(27,28)29)31(19-12-8-17(26)9-13-19)23(32)30(21)18-10-6-16(25)7-11-18/h3-14H,2H2,1H3. The molecule has 4 rings (SSSR count). The smallest absolute Gasteiger partial charge is 0.406 e. The zero-order chi connectivity index (χ0) is 23.8. The van der Waals surface area contributed by atoms with Gasteiger partial charge in [0.25, 0.3) is 0 Å². The van der Waals surface area contributed by atoms with Gasteiger partial charge in [0.1, 0.15) is 5.75 Å². The van der Waals surface area contributed by atoms with E-state index >= 15 is 0 Å². The minimum atomic E-state index is -4.84. The molecule has 0 saturated heterocycles. The molecule has 0 saturated carbocycles. The highest BCUT2D eigenvalue weighted by molar-refractivity contribution is 6.30. The molecule has 0 spiro atoms. The Labute approximate surface area is 197 Å². The second-order valence-corrected chi connectivity index (χ2v) is 8.00. The van der Waals surface area contributed by atoms with Crippen LogP contribution in [0.15, 0.2) is 77.6 Å². The summed E-state index contributed by atoms with van der Waals surface area (Å²) in [6.07, 6.45) is -4.41. The van der Waals surface area contributed by atoms with Crippen LogP contribution in [0.4, 0.5) is 13.2 Å². The number of aromatic nitrogens is 2. The summed E-state index contributed by atoms with van der Waals surface area (Å²) in [5.74, 6) is -0.378. The van der Waals surface area contributed by atoms with Crippen LogP contribution in [0, 0.1) is 0 Å². The van der Waals surface area contributed by atoms with Crippen LogP contribution in [0.1, 0.15) is 12.6 Å². The molecule has 0 aliphatic carbocycles. The molecule has 0 aliphatic heterocycles. The summed E-state index contributed by atoms with van der Waals surface area (Å²) in [7, 11) is 0. The summed E-state index contributed by atoms with van der Waals surface area (Å²) in [5.41, 5.74) is 2.18. The highest BCUT2D eigenvalue weighted by Crippen LogP contribution is 2.33. The fraction of sp³-hybridized carbons (Fsp3) is 0.125. The van der Waals surface area contributed by atoms with Crippen LogP contribution in [-0.4, -0.2) is 15.5 Å². The van der Waals surface area contributed by atoms with Crippen molar-refractivity contribution in [3.8, 4) is 28.4 Å². The minimum Gasteiger partial charge on any atom is -0.406 e. The molecule has 1 aromatic heterocycles. The van der Waals surface area contributed by atoms with Crippen molar-refractivity contribution < 1.29 is 17.9 Å². The van der Waals surface area contributed by atoms with Crippen molar-refractivity contribution in [1.29, 1.82) is 0 Å². The molecule has 0 bridgehead atoms. The molecule has 4 nitrogen and oxygen atoms in total. The van der Waals surface area contributed by atoms with Crippen LogP contribution in [-0.2, 0) is 6.42 Å². The van der Waals surface area contributed by atoms with Crippen molar-refractivity contribution in [2.45, 2.75) is 19.7 Å². The van der Waals surface area contributed by atoms with Gasteiger partial charge in [0, 0.05) is 15.6 Å². The summed E-state index contributed by atoms with van der Waals surface area (Å²) < 4.78 is 45.5. The molecule has 3 aromatic carbocycles. The normalized spacial score (nSPS) is 11.6. The van der Waals surface area contributed by atoms with Crippen molar-refractivity contribution >= 4 is 23.2 Å². The summed E-state index contributed by atoms with van der Waals surface area (Å²) in [5, 5.41) is 1.00. The molecule has 9 heteroatoms. The third-order valence-electron chi connectivity index (χ3n) is 5.00. The van der Waals surface area contributed by atoms with E-state index in [0.717, 1.165) is 0 Å². The number of nitrogens with zero attached hydrogens (tertiary/aromatic N) is 2. The van der Waals surface area contributed by atoms with Crippen LogP contribution in [0.25, 0.3) is 22.6 Å². The average Bonchev–Trinajstić information content (AvgIpc) is 3.06. The van der Waals surface area contributed by atoms with E-state index in [2.05, 4.69) is 4.74 Å². The third-order valence-corrected chi connectivity index (χ3v) is 5.50. The van der Waals surface area contributed by atoms with E-state index in [0.29, 0.717) is 44.8 Å². The molecule has 0 radical (unpaired) electrons. The molecule has 1 heterocycles. The molecule has 33 heavy (non-hydrogen) atoms. The van der Waals surface area contributed by atoms with Crippen molar-refractivity contribution in [3.05, 3.63) is 99.0 Å². The van der Waals surface area contributed by atoms with Crippen LogP contribution in [0.3, 0.4) is 0 Å². The lowest BCUT2D eigenvalue weighted by molar-refractivity contribution is -0.274. The van der Waals surface area contributed by atoms with E-state index in [4.69, 9.17) is 23.2 Å². The Morgan fingerprint density at radius 2 is 1.39 bits per heavy atom. The Morgan fingerprint density at radius 3 is 1.91 bits per heavy atom. The lowest BCUT2D eigenvalue weighted by Crippen LogP contribution is -2.23. The zero-order valence-electron chi connectivity index (χ0n) is 17.2. The van der Waals surface area contributed by atoms with Crippen LogP contribution in [0.5, 0.6) is 5.75 Å². The first kappa shape index (κ1) is 23.0. The van der Waals surface area contributed by atoms with Crippen molar-refractivity contribution in [2.75, 3.05) is 0 Å². The topological polar surface area (TPSA) is 36.2 Å². The number of halogens is 5. The van der Waals surface area contributed by atoms with Gasteiger partial charge in [0.15, 0.2) is 0 Å². The number of ether oxygens (including phenoxy) is 1. The molecule has 0 N–H and O–H groups in total. The average molecular weight is 493 g/mol. The van der Waals surface area contributed by atoms with Gasteiger partial charge in [0.2, 0.25) is 0 Å². The monoisotopic (exact) mass is 492 g/mol. The van der Waals surface area contributed by atoms with Crippen molar-refractivity contribution in [1.82, 2.24) is 9.13 Å². The van der Waals surface area contributed by atoms with E-state index in [1.807, 2.05) is 6.92 Å². The molecular formula is C24H17Cl2F3N2O2. The first-order valence-electron chi connectivity index (χ1n) is 9.92. The molecular weight excluding hydrogens is 476 g/mol. The fourth-order valence-corrected chi connectivity index (χ4v) is 3.95. The second kappa shape index (κ2) is 9.00. The van der Waals surface area contributed by atoms with Gasteiger partial charge in [-0.3, -0.25) is 9.13 Å². The summed E-state index contributed by atoms with van der Waals surface area (Å²) in [6, 6.07) is 18.9. The van der Waals surface area contributed by atoms with E-state index < -0.39 is 6.36 Å². The van der Waals surface area contributed by atoms with Gasteiger partial charge < -0.3 is 4.74 Å². The Kier molecular flexibility index (Phi) is 6.28. The lowest BCUT2D eigenvalue weighted by atomic mass is 10.1. The highest BCUT2D eigenvalue weighted by atomic mass is 35.5. The number of benzene rings is 3. The molecule has 0 unspecified atom stereocenters. The fourth-order valence-electron chi connectivity index (χ4n) is 3.69. The molecule has 0 amide bonds. The largest absolute Gasteiger partial charge is 0.573 e. The Hall–Kier alpha value is -3.16. The van der Waals surface area contributed by atoms with Crippen molar-refractivity contribution in [3.63, 3.8) is 0 Å².